The van der Waals surface area contributed by atoms with Gasteiger partial charge in [0, 0.05) is 19.0 Å². The molecule has 0 unspecified atom stereocenters. The van der Waals surface area contributed by atoms with Crippen LogP contribution in [0.3, 0.4) is 0 Å². The molecule has 126 valence electrons. The van der Waals surface area contributed by atoms with Crippen molar-refractivity contribution < 1.29 is 18.9 Å². The van der Waals surface area contributed by atoms with E-state index in [2.05, 4.69) is 10.3 Å². The fourth-order valence-corrected chi connectivity index (χ4v) is 2.08. The summed E-state index contributed by atoms with van der Waals surface area (Å²) in [4.78, 5) is 36.3. The molecule has 8 nitrogen and oxygen atoms in total. The van der Waals surface area contributed by atoms with Crippen LogP contribution >= 0.6 is 0 Å². The number of nitrogens with one attached hydrogen (secondary N) is 1. The van der Waals surface area contributed by atoms with Gasteiger partial charge in [0.15, 0.2) is 5.78 Å². The molecule has 1 aromatic heterocycles. The van der Waals surface area contributed by atoms with E-state index in [0.29, 0.717) is 18.5 Å². The summed E-state index contributed by atoms with van der Waals surface area (Å²) < 4.78 is 15.3. The summed E-state index contributed by atoms with van der Waals surface area (Å²) in [6, 6.07) is 4.09. The van der Waals surface area contributed by atoms with Crippen LogP contribution in [0.5, 0.6) is 0 Å². The van der Waals surface area contributed by atoms with E-state index < -0.39 is 16.5 Å². The Labute approximate surface area is 136 Å². The molecule has 0 saturated carbocycles. The lowest BCUT2D eigenvalue weighted by atomic mass is 10.1. The molecule has 0 bridgehead atoms. The second-order valence-corrected chi connectivity index (χ2v) is 5.12. The molecular weight excluding hydrogens is 319 g/mol. The first-order valence-corrected chi connectivity index (χ1v) is 7.09. The smallest absolute Gasteiger partial charge is 0.358 e. The number of hydrogen-bond acceptors (Lipinski definition) is 5. The fraction of sp³-hybridized carbons (Fsp3) is 0.267. The molecule has 24 heavy (non-hydrogen) atoms. The summed E-state index contributed by atoms with van der Waals surface area (Å²) in [5, 5.41) is 13.1. The molecule has 1 aromatic carbocycles. The predicted molar refractivity (Wildman–Crippen MR) is 82.0 cm³/mol. The maximum Gasteiger partial charge on any atom is 0.381 e. The number of imidazole rings is 1. The third-order valence-electron chi connectivity index (χ3n) is 3.28. The molecule has 0 spiro atoms. The quantitative estimate of drug-likeness (QED) is 0.469. The van der Waals surface area contributed by atoms with Gasteiger partial charge in [-0.3, -0.25) is 9.59 Å². The normalized spacial score (nSPS) is 10.4. The van der Waals surface area contributed by atoms with Gasteiger partial charge in [0.05, 0.1) is 6.54 Å². The van der Waals surface area contributed by atoms with Crippen molar-refractivity contribution in [1.29, 1.82) is 0 Å². The zero-order chi connectivity index (χ0) is 17.7. The molecule has 0 atom stereocenters. The molecule has 0 radical (unpaired) electrons. The number of rotatable bonds is 7. The molecule has 0 saturated heterocycles. The molecule has 1 heterocycles. The van der Waals surface area contributed by atoms with Crippen LogP contribution in [-0.2, 0) is 17.8 Å². The second-order valence-electron chi connectivity index (χ2n) is 5.12. The number of halogens is 1. The van der Waals surface area contributed by atoms with E-state index in [0.717, 1.165) is 12.3 Å². The molecule has 0 aliphatic heterocycles. The summed E-state index contributed by atoms with van der Waals surface area (Å²) in [5.41, 5.74) is 0.547. The van der Waals surface area contributed by atoms with Gasteiger partial charge in [-0.25, -0.2) is 4.39 Å². The Balaban J connectivity index is 2.02. The number of nitro groups is 1. The Kier molecular flexibility index (Phi) is 5.35. The first-order chi connectivity index (χ1) is 11.4. The van der Waals surface area contributed by atoms with Crippen molar-refractivity contribution in [3.05, 3.63) is 57.8 Å². The number of nitrogens with zero attached hydrogens (tertiary/aromatic N) is 3. The maximum atomic E-state index is 14.0. The van der Waals surface area contributed by atoms with Gasteiger partial charge in [-0.15, -0.1) is 0 Å². The lowest BCUT2D eigenvalue weighted by Gasteiger charge is -2.06. The van der Waals surface area contributed by atoms with Crippen LogP contribution in [0.1, 0.15) is 22.8 Å². The van der Waals surface area contributed by atoms with E-state index in [1.807, 2.05) is 0 Å². The Morgan fingerprint density at radius 2 is 2.17 bits per heavy atom. The maximum absolute atomic E-state index is 14.0. The average molecular weight is 334 g/mol. The summed E-state index contributed by atoms with van der Waals surface area (Å²) in [6.07, 6.45) is 2.62. The first-order valence-electron chi connectivity index (χ1n) is 7.09. The van der Waals surface area contributed by atoms with Crippen LogP contribution in [0.25, 0.3) is 0 Å². The Morgan fingerprint density at radius 1 is 1.42 bits per heavy atom. The van der Waals surface area contributed by atoms with E-state index >= 15 is 0 Å². The van der Waals surface area contributed by atoms with Crippen LogP contribution in [-0.4, -0.2) is 32.7 Å². The Morgan fingerprint density at radius 3 is 2.75 bits per heavy atom. The van der Waals surface area contributed by atoms with Crippen LogP contribution in [0.2, 0.25) is 0 Å². The highest BCUT2D eigenvalue weighted by Gasteiger charge is 2.14. The molecular formula is C15H15FN4O4. The van der Waals surface area contributed by atoms with Gasteiger partial charge in [0.25, 0.3) is 0 Å². The largest absolute Gasteiger partial charge is 0.381 e. The van der Waals surface area contributed by atoms with Gasteiger partial charge in [0.2, 0.25) is 12.2 Å². The predicted octanol–water partition coefficient (Wildman–Crippen LogP) is 1.49. The molecule has 1 N–H and O–H groups in total. The van der Waals surface area contributed by atoms with Crippen molar-refractivity contribution in [2.75, 3.05) is 6.54 Å². The zero-order valence-electron chi connectivity index (χ0n) is 12.9. The van der Waals surface area contributed by atoms with Gasteiger partial charge >= 0.3 is 5.82 Å². The van der Waals surface area contributed by atoms with Gasteiger partial charge in [-0.05, 0) is 28.0 Å². The highest BCUT2D eigenvalue weighted by Crippen LogP contribution is 2.13. The van der Waals surface area contributed by atoms with Gasteiger partial charge in [-0.2, -0.15) is 0 Å². The van der Waals surface area contributed by atoms with E-state index in [9.17, 15) is 24.1 Å². The van der Waals surface area contributed by atoms with Crippen molar-refractivity contribution in [2.45, 2.75) is 19.9 Å². The molecule has 2 aromatic rings. The minimum Gasteiger partial charge on any atom is -0.358 e. The van der Waals surface area contributed by atoms with Crippen LogP contribution in [0, 0.1) is 15.9 Å². The van der Waals surface area contributed by atoms with Gasteiger partial charge in [0.1, 0.15) is 12.0 Å². The molecule has 9 heteroatoms. The van der Waals surface area contributed by atoms with Crippen molar-refractivity contribution in [2.24, 2.45) is 0 Å². The van der Waals surface area contributed by atoms with E-state index in [1.54, 1.807) is 0 Å². The lowest BCUT2D eigenvalue weighted by Crippen LogP contribution is -2.22. The minimum atomic E-state index is -0.662. The van der Waals surface area contributed by atoms with Crippen molar-refractivity contribution in [3.8, 4) is 0 Å². The van der Waals surface area contributed by atoms with Crippen molar-refractivity contribution >= 4 is 17.5 Å². The lowest BCUT2D eigenvalue weighted by molar-refractivity contribution is -0.389. The van der Waals surface area contributed by atoms with Crippen molar-refractivity contribution in [3.63, 3.8) is 0 Å². The molecule has 0 aliphatic carbocycles. The number of carbonyl (C=O) groups is 2. The fourth-order valence-electron chi connectivity index (χ4n) is 2.08. The molecule has 0 fully saturated rings. The minimum absolute atomic E-state index is 0.159. The van der Waals surface area contributed by atoms with E-state index in [4.69, 9.17) is 0 Å². The summed E-state index contributed by atoms with van der Waals surface area (Å²) in [7, 11) is 0. The first kappa shape index (κ1) is 17.3. The Hall–Kier alpha value is -3.10. The van der Waals surface area contributed by atoms with Gasteiger partial charge in [-0.1, -0.05) is 12.1 Å². The van der Waals surface area contributed by atoms with E-state index in [1.165, 1.54) is 30.0 Å². The van der Waals surface area contributed by atoms with Crippen LogP contribution in [0.4, 0.5) is 10.2 Å². The molecule has 1 amide bonds. The summed E-state index contributed by atoms with van der Waals surface area (Å²) in [6.45, 7) is 1.50. The number of benzene rings is 1. The number of hydrogen-bond donors (Lipinski definition) is 1. The highest BCUT2D eigenvalue weighted by molar-refractivity contribution is 5.96. The van der Waals surface area contributed by atoms with E-state index in [-0.39, 0.29) is 23.8 Å². The number of ketones is 1. The third-order valence-corrected chi connectivity index (χ3v) is 3.28. The third kappa shape index (κ3) is 4.45. The topological polar surface area (TPSA) is 107 Å². The SMILES string of the molecule is CC(=O)NCCc1ccc(C(=O)Cn2cnc([N+](=O)[O-])c2)cc1F. The number of Topliss-reactive ketones (excluding diaryl/α,β-unsaturated/α-hetero) is 1. The number of aromatic nitrogens is 2. The molecule has 2 rings (SSSR count). The zero-order valence-corrected chi connectivity index (χ0v) is 12.9. The summed E-state index contributed by atoms with van der Waals surface area (Å²) >= 11 is 0. The summed E-state index contributed by atoms with van der Waals surface area (Å²) in [5.74, 6) is -1.49. The van der Waals surface area contributed by atoms with Crippen LogP contribution in [0.15, 0.2) is 30.7 Å². The standard InChI is InChI=1S/C15H15FN4O4/c1-10(21)17-5-4-11-2-3-12(6-13(11)16)14(22)7-19-8-15(18-9-19)20(23)24/h2-3,6,8-9H,4-5,7H2,1H3,(H,17,21). The average Bonchev–Trinajstić information content (AvgIpc) is 2.97. The number of carbonyl (C=O) groups excluding carboxylic acids is 2. The second kappa shape index (κ2) is 7.44. The van der Waals surface area contributed by atoms with Crippen LogP contribution < -0.4 is 5.32 Å². The highest BCUT2D eigenvalue weighted by atomic mass is 19.1. The van der Waals surface area contributed by atoms with Gasteiger partial charge < -0.3 is 20.0 Å². The monoisotopic (exact) mass is 334 g/mol. The number of amides is 1. The Bertz CT molecular complexity index is 788. The molecule has 0 aliphatic rings. The van der Waals surface area contributed by atoms with Crippen molar-refractivity contribution in [1.82, 2.24) is 14.9 Å².